The predicted octanol–water partition coefficient (Wildman–Crippen LogP) is 3.85. The third-order valence-electron chi connectivity index (χ3n) is 5.02. The van der Waals surface area contributed by atoms with E-state index < -0.39 is 0 Å². The number of carbonyl (C=O) groups is 1. The van der Waals surface area contributed by atoms with Crippen LogP contribution in [0.3, 0.4) is 0 Å². The molecule has 8 heteroatoms. The van der Waals surface area contributed by atoms with Crippen LogP contribution in [0.2, 0.25) is 0 Å². The first-order valence-electron chi connectivity index (χ1n) is 10.2. The van der Waals surface area contributed by atoms with Crippen LogP contribution in [0, 0.1) is 6.92 Å². The number of carbonyl (C=O) groups excluding carboxylic acids is 1. The van der Waals surface area contributed by atoms with Crippen LogP contribution in [-0.2, 0) is 6.61 Å². The van der Waals surface area contributed by atoms with Crippen LogP contribution in [0.15, 0.2) is 71.7 Å². The van der Waals surface area contributed by atoms with Crippen LogP contribution in [0.25, 0.3) is 5.65 Å². The first-order valence-corrected chi connectivity index (χ1v) is 10.2. The van der Waals surface area contributed by atoms with Gasteiger partial charge in [-0.05, 0) is 48.9 Å². The summed E-state index contributed by atoms with van der Waals surface area (Å²) in [4.78, 5) is 29.7. The molecule has 0 saturated carbocycles. The summed E-state index contributed by atoms with van der Waals surface area (Å²) in [5.74, 6) is 1.12. The van der Waals surface area contributed by atoms with Crippen molar-refractivity contribution in [2.45, 2.75) is 13.5 Å². The van der Waals surface area contributed by atoms with Crippen LogP contribution in [-0.4, -0.2) is 29.5 Å². The normalized spacial score (nSPS) is 10.6. The lowest BCUT2D eigenvalue weighted by Gasteiger charge is -2.13. The van der Waals surface area contributed by atoms with Crippen molar-refractivity contribution < 1.29 is 19.0 Å². The number of hydrogen-bond acceptors (Lipinski definition) is 6. The van der Waals surface area contributed by atoms with Gasteiger partial charge < -0.3 is 19.5 Å². The monoisotopic (exact) mass is 445 g/mol. The van der Waals surface area contributed by atoms with Gasteiger partial charge in [-0.1, -0.05) is 18.2 Å². The number of benzene rings is 2. The fourth-order valence-electron chi connectivity index (χ4n) is 3.35. The first kappa shape index (κ1) is 21.9. The molecule has 0 radical (unpaired) electrons. The first-order chi connectivity index (χ1) is 16.0. The highest BCUT2D eigenvalue weighted by atomic mass is 16.5. The van der Waals surface area contributed by atoms with Crippen molar-refractivity contribution >= 4 is 17.2 Å². The maximum Gasteiger partial charge on any atom is 0.258 e. The number of anilines is 1. The number of aromatic nitrogens is 2. The lowest BCUT2D eigenvalue weighted by molar-refractivity contribution is 0.102. The average molecular weight is 445 g/mol. The Balaban J connectivity index is 1.52. The summed E-state index contributed by atoms with van der Waals surface area (Å²) < 4.78 is 17.9. The molecule has 8 nitrogen and oxygen atoms in total. The zero-order valence-corrected chi connectivity index (χ0v) is 18.5. The Labute approximate surface area is 190 Å². The minimum atomic E-state index is -0.329. The van der Waals surface area contributed by atoms with Crippen LogP contribution >= 0.6 is 0 Å². The van der Waals surface area contributed by atoms with E-state index >= 15 is 0 Å². The predicted molar refractivity (Wildman–Crippen MR) is 124 cm³/mol. The highest BCUT2D eigenvalue weighted by molar-refractivity contribution is 6.05. The molecule has 0 bridgehead atoms. The molecule has 33 heavy (non-hydrogen) atoms. The van der Waals surface area contributed by atoms with E-state index in [0.717, 1.165) is 5.56 Å². The fourth-order valence-corrected chi connectivity index (χ4v) is 3.35. The molecule has 1 N–H and O–H groups in total. The van der Waals surface area contributed by atoms with E-state index in [9.17, 15) is 9.59 Å². The smallest absolute Gasteiger partial charge is 0.258 e. The Bertz CT molecular complexity index is 1380. The van der Waals surface area contributed by atoms with E-state index in [4.69, 9.17) is 14.2 Å². The molecule has 2 aromatic heterocycles. The van der Waals surface area contributed by atoms with Gasteiger partial charge >= 0.3 is 0 Å². The van der Waals surface area contributed by atoms with Crippen molar-refractivity contribution in [3.63, 3.8) is 0 Å². The Hall–Kier alpha value is -4.33. The van der Waals surface area contributed by atoms with E-state index in [1.807, 2.05) is 13.0 Å². The standard InChI is InChI=1S/C25H23N3O5/c1-16-8-11-23-26-18(13-24(29)28(23)14-16)15-33-20-7-5-4-6-19(20)27-25(30)17-9-10-21(31-2)22(12-17)32-3/h4-14H,15H2,1-3H3,(H,27,30). The van der Waals surface area contributed by atoms with Crippen molar-refractivity contribution in [3.05, 3.63) is 94.0 Å². The minimum Gasteiger partial charge on any atom is -0.493 e. The number of nitrogens with zero attached hydrogens (tertiary/aromatic N) is 2. The molecule has 0 fully saturated rings. The zero-order valence-electron chi connectivity index (χ0n) is 18.5. The van der Waals surface area contributed by atoms with Crippen molar-refractivity contribution in [3.8, 4) is 17.2 Å². The van der Waals surface area contributed by atoms with Crippen molar-refractivity contribution in [2.24, 2.45) is 0 Å². The van der Waals surface area contributed by atoms with Gasteiger partial charge in [-0.2, -0.15) is 0 Å². The molecule has 0 atom stereocenters. The number of hydrogen-bond donors (Lipinski definition) is 1. The van der Waals surface area contributed by atoms with Gasteiger partial charge in [-0.15, -0.1) is 0 Å². The van der Waals surface area contributed by atoms with Gasteiger partial charge in [0.1, 0.15) is 18.0 Å². The summed E-state index contributed by atoms with van der Waals surface area (Å²) in [6, 6.07) is 17.1. The molecule has 2 aromatic carbocycles. The SMILES string of the molecule is COc1ccc(C(=O)Nc2ccccc2OCc2cc(=O)n3cc(C)ccc3n2)cc1OC. The molecule has 1 amide bonds. The summed E-state index contributed by atoms with van der Waals surface area (Å²) in [6.07, 6.45) is 1.74. The molecule has 4 rings (SSSR count). The van der Waals surface area contributed by atoms with E-state index in [0.29, 0.717) is 39.8 Å². The third kappa shape index (κ3) is 4.79. The van der Waals surface area contributed by atoms with Gasteiger partial charge in [-0.3, -0.25) is 14.0 Å². The van der Waals surface area contributed by atoms with Crippen molar-refractivity contribution in [1.29, 1.82) is 0 Å². The van der Waals surface area contributed by atoms with Gasteiger partial charge in [0, 0.05) is 17.8 Å². The second-order valence-electron chi connectivity index (χ2n) is 7.33. The summed E-state index contributed by atoms with van der Waals surface area (Å²) >= 11 is 0. The van der Waals surface area contributed by atoms with Gasteiger partial charge in [-0.25, -0.2) is 4.98 Å². The van der Waals surface area contributed by atoms with Crippen LogP contribution in [0.4, 0.5) is 5.69 Å². The van der Waals surface area contributed by atoms with E-state index in [1.165, 1.54) is 24.7 Å². The number of amides is 1. The molecular formula is C25H23N3O5. The van der Waals surface area contributed by atoms with Crippen molar-refractivity contribution in [2.75, 3.05) is 19.5 Å². The molecule has 2 heterocycles. The van der Waals surface area contributed by atoms with Crippen molar-refractivity contribution in [1.82, 2.24) is 9.38 Å². The van der Waals surface area contributed by atoms with Gasteiger partial charge in [0.25, 0.3) is 11.5 Å². The second kappa shape index (κ2) is 9.44. The van der Waals surface area contributed by atoms with E-state index in [-0.39, 0.29) is 18.1 Å². The minimum absolute atomic E-state index is 0.0723. The number of aryl methyl sites for hydroxylation is 1. The molecule has 0 aliphatic rings. The second-order valence-corrected chi connectivity index (χ2v) is 7.33. The Morgan fingerprint density at radius 1 is 0.970 bits per heavy atom. The lowest BCUT2D eigenvalue weighted by Crippen LogP contribution is -2.17. The molecule has 0 aliphatic carbocycles. The third-order valence-corrected chi connectivity index (χ3v) is 5.02. The zero-order chi connectivity index (χ0) is 23.4. The highest BCUT2D eigenvalue weighted by Crippen LogP contribution is 2.29. The average Bonchev–Trinajstić information content (AvgIpc) is 2.83. The lowest BCUT2D eigenvalue weighted by atomic mass is 10.1. The largest absolute Gasteiger partial charge is 0.493 e. The molecule has 0 unspecified atom stereocenters. The Kier molecular flexibility index (Phi) is 6.26. The molecular weight excluding hydrogens is 422 g/mol. The fraction of sp³-hybridized carbons (Fsp3) is 0.160. The van der Waals surface area contributed by atoms with E-state index in [2.05, 4.69) is 10.3 Å². The molecule has 4 aromatic rings. The summed E-state index contributed by atoms with van der Waals surface area (Å²) in [5, 5.41) is 2.85. The molecule has 0 aliphatic heterocycles. The summed E-state index contributed by atoms with van der Waals surface area (Å²) in [7, 11) is 3.04. The number of para-hydroxylation sites is 2. The van der Waals surface area contributed by atoms with Gasteiger partial charge in [0.15, 0.2) is 11.5 Å². The highest BCUT2D eigenvalue weighted by Gasteiger charge is 2.13. The molecule has 168 valence electrons. The number of methoxy groups -OCH3 is 2. The van der Waals surface area contributed by atoms with Gasteiger partial charge in [0.05, 0.1) is 25.6 Å². The molecule has 0 saturated heterocycles. The van der Waals surface area contributed by atoms with Gasteiger partial charge in [0.2, 0.25) is 0 Å². The van der Waals surface area contributed by atoms with Crippen LogP contribution in [0.1, 0.15) is 21.6 Å². The number of pyridine rings is 1. The number of ether oxygens (including phenoxy) is 3. The topological polar surface area (TPSA) is 91.2 Å². The number of rotatable bonds is 7. The quantitative estimate of drug-likeness (QED) is 0.465. The summed E-state index contributed by atoms with van der Waals surface area (Å²) in [5.41, 5.74) is 2.71. The van der Waals surface area contributed by atoms with Crippen LogP contribution in [0.5, 0.6) is 17.2 Å². The van der Waals surface area contributed by atoms with Crippen LogP contribution < -0.4 is 25.1 Å². The maximum absolute atomic E-state index is 12.8. The molecule has 0 spiro atoms. The maximum atomic E-state index is 12.8. The van der Waals surface area contributed by atoms with E-state index in [1.54, 1.807) is 54.7 Å². The Morgan fingerprint density at radius 3 is 2.55 bits per heavy atom. The number of fused-ring (bicyclic) bond motifs is 1. The number of nitrogens with one attached hydrogen (secondary N) is 1. The Morgan fingerprint density at radius 2 is 1.76 bits per heavy atom. The summed E-state index contributed by atoms with van der Waals surface area (Å²) in [6.45, 7) is 1.99.